The van der Waals surface area contributed by atoms with E-state index in [1.807, 2.05) is 6.92 Å². The topological polar surface area (TPSA) is 38.7 Å². The van der Waals surface area contributed by atoms with Crippen LogP contribution in [0.3, 0.4) is 0 Å². The summed E-state index contributed by atoms with van der Waals surface area (Å²) in [6.07, 6.45) is 4.23. The first kappa shape index (κ1) is 11.2. The normalized spacial score (nSPS) is 15.2. The lowest BCUT2D eigenvalue weighted by atomic mass is 9.95. The van der Waals surface area contributed by atoms with Crippen LogP contribution in [0, 0.1) is 0 Å². The Morgan fingerprint density at radius 2 is 1.94 bits per heavy atom. The summed E-state index contributed by atoms with van der Waals surface area (Å²) < 4.78 is 0. The molecule has 16 heavy (non-hydrogen) atoms. The number of benzene rings is 1. The first-order valence-corrected chi connectivity index (χ1v) is 5.95. The van der Waals surface area contributed by atoms with Gasteiger partial charge in [0.15, 0.2) is 6.10 Å². The lowest BCUT2D eigenvalue weighted by Gasteiger charge is -2.10. The molecule has 2 aromatic rings. The van der Waals surface area contributed by atoms with E-state index < -0.39 is 0 Å². The van der Waals surface area contributed by atoms with Crippen molar-refractivity contribution in [1.29, 1.82) is 0 Å². The summed E-state index contributed by atoms with van der Waals surface area (Å²) >= 11 is 0. The molecule has 0 radical (unpaired) electrons. The minimum atomic E-state index is 0.0488. The van der Waals surface area contributed by atoms with Gasteiger partial charge >= 0.3 is 0 Å². The van der Waals surface area contributed by atoms with E-state index in [1.54, 1.807) is 0 Å². The highest BCUT2D eigenvalue weighted by Gasteiger charge is 2.12. The molecule has 0 fully saturated rings. The van der Waals surface area contributed by atoms with Crippen LogP contribution in [0.15, 0.2) is 30.5 Å². The first-order valence-electron chi connectivity index (χ1n) is 5.95. The second kappa shape index (κ2) is 4.71. The quantitative estimate of drug-likeness (QED) is 0.766. The van der Waals surface area contributed by atoms with Gasteiger partial charge in [-0.3, -0.25) is 0 Å². The van der Waals surface area contributed by atoms with Gasteiger partial charge in [-0.2, -0.15) is 0 Å². The van der Waals surface area contributed by atoms with Crippen molar-refractivity contribution in [3.05, 3.63) is 36.0 Å². The number of aromatic nitrogens is 1. The maximum atomic E-state index is 7.55. The summed E-state index contributed by atoms with van der Waals surface area (Å²) in [7, 11) is 0. The molecule has 0 spiro atoms. The molecule has 2 nitrogen and oxygen atoms in total. The van der Waals surface area contributed by atoms with Gasteiger partial charge in [-0.1, -0.05) is 25.1 Å². The van der Waals surface area contributed by atoms with E-state index in [4.69, 9.17) is 5.11 Å². The third-order valence-electron chi connectivity index (χ3n) is 3.18. The highest BCUT2D eigenvalue weighted by atomic mass is 16.3. The van der Waals surface area contributed by atoms with Crippen LogP contribution in [0.1, 0.15) is 38.2 Å². The van der Waals surface area contributed by atoms with Crippen molar-refractivity contribution >= 4 is 10.9 Å². The molecule has 2 unspecified atom stereocenters. The fourth-order valence-electron chi connectivity index (χ4n) is 2.16. The molecule has 86 valence electrons. The molecule has 0 amide bonds. The molecule has 3 N–H and O–H groups in total. The smallest absolute Gasteiger partial charge is 0.150 e. The van der Waals surface area contributed by atoms with E-state index in [1.165, 1.54) is 16.5 Å². The van der Waals surface area contributed by atoms with Crippen LogP contribution < -0.4 is 0 Å². The number of nitrogens with one attached hydrogen (secondary N) is 1. The molecule has 0 aliphatic heterocycles. The Morgan fingerprint density at radius 1 is 1.19 bits per heavy atom. The van der Waals surface area contributed by atoms with Crippen LogP contribution in [-0.2, 0) is 0 Å². The number of fused-ring (bicyclic) bond motifs is 1. The van der Waals surface area contributed by atoms with E-state index >= 15 is 0 Å². The third kappa shape index (κ3) is 2.27. The molecule has 0 saturated heterocycles. The molecule has 2 rings (SSSR count). The maximum Gasteiger partial charge on any atom is 0.150 e. The van der Waals surface area contributed by atoms with Crippen LogP contribution >= 0.6 is 0 Å². The van der Waals surface area contributed by atoms with Crippen molar-refractivity contribution in [1.82, 2.24) is 4.98 Å². The number of H-pyrrole nitrogens is 1. The summed E-state index contributed by atoms with van der Waals surface area (Å²) in [5.41, 5.74) is 2.60. The average Bonchev–Trinajstić information content (AvgIpc) is 2.69. The van der Waals surface area contributed by atoms with Gasteiger partial charge in [0.2, 0.25) is 0 Å². The molecule has 2 heteroatoms. The van der Waals surface area contributed by atoms with E-state index in [0.29, 0.717) is 5.92 Å². The predicted molar refractivity (Wildman–Crippen MR) is 69.0 cm³/mol. The minimum absolute atomic E-state index is 0.0488. The van der Waals surface area contributed by atoms with Crippen molar-refractivity contribution in [3.63, 3.8) is 0 Å². The molecule has 1 aromatic heterocycles. The van der Waals surface area contributed by atoms with Gasteiger partial charge in [0.1, 0.15) is 0 Å². The van der Waals surface area contributed by atoms with Crippen LogP contribution in [0.2, 0.25) is 0 Å². The standard InChI is InChI=1S/C14H19NO/c1-10(7-8-11(2)16)13-9-15-14-6-4-3-5-12(13)14/h3-6,9-11,15-16H,7-8H2,1-2H3/p+1. The summed E-state index contributed by atoms with van der Waals surface area (Å²) in [5.74, 6) is 0.531. The van der Waals surface area contributed by atoms with Crippen molar-refractivity contribution in [2.24, 2.45) is 0 Å². The number of para-hydroxylation sites is 1. The first-order chi connectivity index (χ1) is 7.68. The lowest BCUT2D eigenvalue weighted by Crippen LogP contribution is -2.02. The highest BCUT2D eigenvalue weighted by Crippen LogP contribution is 2.28. The van der Waals surface area contributed by atoms with Gasteiger partial charge in [-0.25, -0.2) is 0 Å². The second-order valence-electron chi connectivity index (χ2n) is 4.67. The zero-order chi connectivity index (χ0) is 11.5. The number of hydrogen-bond acceptors (Lipinski definition) is 0. The minimum Gasteiger partial charge on any atom is -0.443 e. The summed E-state index contributed by atoms with van der Waals surface area (Å²) in [6.45, 7) is 4.21. The Hall–Kier alpha value is -1.28. The zero-order valence-electron chi connectivity index (χ0n) is 9.96. The van der Waals surface area contributed by atoms with Gasteiger partial charge < -0.3 is 10.1 Å². The Balaban J connectivity index is 2.19. The zero-order valence-corrected chi connectivity index (χ0v) is 9.96. The van der Waals surface area contributed by atoms with Crippen LogP contribution in [0.4, 0.5) is 0 Å². The fourth-order valence-corrected chi connectivity index (χ4v) is 2.16. The molecule has 0 aliphatic rings. The SMILES string of the molecule is CC([OH2+])CCC(C)c1c[nH]c2ccccc12. The lowest BCUT2D eigenvalue weighted by molar-refractivity contribution is 0.179. The van der Waals surface area contributed by atoms with Crippen LogP contribution in [0.25, 0.3) is 10.9 Å². The fraction of sp³-hybridized carbons (Fsp3) is 0.429. The number of hydrogen-bond donors (Lipinski definition) is 1. The molecule has 1 heterocycles. The molecule has 0 aliphatic carbocycles. The molecule has 1 aromatic carbocycles. The van der Waals surface area contributed by atoms with Crippen molar-refractivity contribution < 1.29 is 5.11 Å². The van der Waals surface area contributed by atoms with Gasteiger partial charge in [0, 0.05) is 30.4 Å². The molecule has 2 atom stereocenters. The number of aromatic amines is 1. The van der Waals surface area contributed by atoms with E-state index in [-0.39, 0.29) is 6.10 Å². The maximum absolute atomic E-state index is 7.55. The van der Waals surface area contributed by atoms with Crippen molar-refractivity contribution in [2.45, 2.75) is 38.7 Å². The second-order valence-corrected chi connectivity index (χ2v) is 4.67. The van der Waals surface area contributed by atoms with Gasteiger partial charge in [-0.05, 0) is 24.0 Å². The Morgan fingerprint density at radius 3 is 2.69 bits per heavy atom. The molecular weight excluding hydrogens is 198 g/mol. The molecule has 0 bridgehead atoms. The summed E-state index contributed by atoms with van der Waals surface area (Å²) in [5, 5.41) is 8.88. The van der Waals surface area contributed by atoms with Crippen molar-refractivity contribution in [2.75, 3.05) is 0 Å². The number of rotatable bonds is 4. The van der Waals surface area contributed by atoms with Crippen LogP contribution in [-0.4, -0.2) is 16.2 Å². The third-order valence-corrected chi connectivity index (χ3v) is 3.18. The van der Waals surface area contributed by atoms with E-state index in [2.05, 4.69) is 42.4 Å². The summed E-state index contributed by atoms with van der Waals surface area (Å²) in [4.78, 5) is 3.31. The molecular formula is C14H20NO+. The van der Waals surface area contributed by atoms with Crippen molar-refractivity contribution in [3.8, 4) is 0 Å². The highest BCUT2D eigenvalue weighted by molar-refractivity contribution is 5.83. The Labute approximate surface area is 96.3 Å². The van der Waals surface area contributed by atoms with Crippen LogP contribution in [0.5, 0.6) is 0 Å². The average molecular weight is 218 g/mol. The van der Waals surface area contributed by atoms with Gasteiger partial charge in [-0.15, -0.1) is 0 Å². The summed E-state index contributed by atoms with van der Waals surface area (Å²) in [6, 6.07) is 8.42. The monoisotopic (exact) mass is 218 g/mol. The largest absolute Gasteiger partial charge is 0.443 e. The molecule has 0 saturated carbocycles. The van der Waals surface area contributed by atoms with Gasteiger partial charge in [0.25, 0.3) is 0 Å². The Kier molecular flexibility index (Phi) is 3.30. The van der Waals surface area contributed by atoms with E-state index in [9.17, 15) is 0 Å². The van der Waals surface area contributed by atoms with E-state index in [0.717, 1.165) is 12.8 Å². The van der Waals surface area contributed by atoms with Gasteiger partial charge in [0.05, 0.1) is 0 Å². The Bertz CT molecular complexity index is 458. The predicted octanol–water partition coefficient (Wildman–Crippen LogP) is 3.16.